The zero-order valence-corrected chi connectivity index (χ0v) is 13.9. The summed E-state index contributed by atoms with van der Waals surface area (Å²) in [4.78, 5) is 28.7. The summed E-state index contributed by atoms with van der Waals surface area (Å²) in [5, 5.41) is 0. The van der Waals surface area contributed by atoms with Crippen molar-refractivity contribution in [1.82, 2.24) is 4.90 Å². The first-order valence-electron chi connectivity index (χ1n) is 8.43. The zero-order valence-electron chi connectivity index (χ0n) is 13.9. The molecule has 5 heteroatoms. The first kappa shape index (κ1) is 15.8. The maximum absolute atomic E-state index is 12.7. The first-order valence-corrected chi connectivity index (χ1v) is 8.43. The topological polar surface area (TPSA) is 49.9 Å². The van der Waals surface area contributed by atoms with Crippen molar-refractivity contribution in [2.24, 2.45) is 0 Å². The summed E-state index contributed by atoms with van der Waals surface area (Å²) in [6.07, 6.45) is 3.91. The number of benzene rings is 1. The van der Waals surface area contributed by atoms with Crippen LogP contribution >= 0.6 is 0 Å². The van der Waals surface area contributed by atoms with Crippen LogP contribution in [0.3, 0.4) is 0 Å². The SMILES string of the molecule is Cc1ccc2c(c1)N(CC(=O)N1CCCCCC1)C(=O)[C@@H](C)O2. The highest BCUT2D eigenvalue weighted by atomic mass is 16.5. The fourth-order valence-corrected chi connectivity index (χ4v) is 3.24. The van der Waals surface area contributed by atoms with Crippen LogP contribution in [0.15, 0.2) is 18.2 Å². The minimum absolute atomic E-state index is 0.0295. The van der Waals surface area contributed by atoms with Gasteiger partial charge in [-0.3, -0.25) is 14.5 Å². The maximum Gasteiger partial charge on any atom is 0.268 e. The number of rotatable bonds is 2. The van der Waals surface area contributed by atoms with Crippen LogP contribution in [0.4, 0.5) is 5.69 Å². The smallest absolute Gasteiger partial charge is 0.268 e. The molecule has 2 amide bonds. The van der Waals surface area contributed by atoms with Crippen molar-refractivity contribution in [3.05, 3.63) is 23.8 Å². The molecule has 2 heterocycles. The van der Waals surface area contributed by atoms with Crippen molar-refractivity contribution >= 4 is 17.5 Å². The molecule has 23 heavy (non-hydrogen) atoms. The lowest BCUT2D eigenvalue weighted by Crippen LogP contribution is -2.49. The Morgan fingerprint density at radius 2 is 1.91 bits per heavy atom. The summed E-state index contributed by atoms with van der Waals surface area (Å²) in [5.41, 5.74) is 1.75. The van der Waals surface area contributed by atoms with Gasteiger partial charge in [0.25, 0.3) is 5.91 Å². The zero-order chi connectivity index (χ0) is 16.4. The van der Waals surface area contributed by atoms with Gasteiger partial charge >= 0.3 is 0 Å². The Balaban J connectivity index is 1.82. The summed E-state index contributed by atoms with van der Waals surface area (Å²) < 4.78 is 5.66. The quantitative estimate of drug-likeness (QED) is 0.842. The molecule has 1 fully saturated rings. The average Bonchev–Trinajstić information content (AvgIpc) is 2.81. The minimum Gasteiger partial charge on any atom is -0.479 e. The number of carbonyl (C=O) groups is 2. The highest BCUT2D eigenvalue weighted by Crippen LogP contribution is 2.34. The van der Waals surface area contributed by atoms with Crippen molar-refractivity contribution in [2.75, 3.05) is 24.5 Å². The summed E-state index contributed by atoms with van der Waals surface area (Å²) in [5.74, 6) is 0.555. The highest BCUT2D eigenvalue weighted by Gasteiger charge is 2.33. The molecule has 1 atom stereocenters. The Kier molecular flexibility index (Phi) is 4.55. The molecule has 0 bridgehead atoms. The summed E-state index contributed by atoms with van der Waals surface area (Å²) in [7, 11) is 0. The molecular formula is C18H24N2O3. The first-order chi connectivity index (χ1) is 11.1. The van der Waals surface area contributed by atoms with Gasteiger partial charge in [-0.1, -0.05) is 18.9 Å². The lowest BCUT2D eigenvalue weighted by atomic mass is 10.1. The van der Waals surface area contributed by atoms with Gasteiger partial charge in [-0.15, -0.1) is 0 Å². The number of aryl methyl sites for hydroxylation is 1. The van der Waals surface area contributed by atoms with Gasteiger partial charge in [0.15, 0.2) is 6.10 Å². The molecule has 0 N–H and O–H groups in total. The van der Waals surface area contributed by atoms with E-state index in [-0.39, 0.29) is 18.4 Å². The van der Waals surface area contributed by atoms with Crippen LogP contribution in [0.1, 0.15) is 38.2 Å². The van der Waals surface area contributed by atoms with Gasteiger partial charge in [0.1, 0.15) is 12.3 Å². The Hall–Kier alpha value is -2.04. The number of likely N-dealkylation sites (tertiary alicyclic amines) is 1. The van der Waals surface area contributed by atoms with E-state index < -0.39 is 6.10 Å². The lowest BCUT2D eigenvalue weighted by molar-refractivity contribution is -0.133. The molecule has 0 aromatic heterocycles. The molecule has 2 aliphatic heterocycles. The van der Waals surface area contributed by atoms with Gasteiger partial charge in [-0.25, -0.2) is 0 Å². The van der Waals surface area contributed by atoms with E-state index in [2.05, 4.69) is 0 Å². The van der Waals surface area contributed by atoms with Gasteiger partial charge in [0.2, 0.25) is 5.91 Å². The van der Waals surface area contributed by atoms with Crippen LogP contribution in [0.5, 0.6) is 5.75 Å². The monoisotopic (exact) mass is 316 g/mol. The Morgan fingerprint density at radius 1 is 1.22 bits per heavy atom. The second-order valence-corrected chi connectivity index (χ2v) is 6.45. The molecule has 1 aromatic carbocycles. The molecule has 5 nitrogen and oxygen atoms in total. The number of carbonyl (C=O) groups excluding carboxylic acids is 2. The summed E-state index contributed by atoms with van der Waals surface area (Å²) in [6, 6.07) is 5.74. The van der Waals surface area contributed by atoms with E-state index >= 15 is 0 Å². The third-order valence-corrected chi connectivity index (χ3v) is 4.57. The summed E-state index contributed by atoms with van der Waals surface area (Å²) >= 11 is 0. The van der Waals surface area contributed by atoms with E-state index in [9.17, 15) is 9.59 Å². The molecule has 0 aliphatic carbocycles. The number of hydrogen-bond donors (Lipinski definition) is 0. The summed E-state index contributed by atoms with van der Waals surface area (Å²) in [6.45, 7) is 5.40. The van der Waals surface area contributed by atoms with Gasteiger partial charge in [-0.05, 0) is 44.4 Å². The maximum atomic E-state index is 12.7. The lowest BCUT2D eigenvalue weighted by Gasteiger charge is -2.34. The van der Waals surface area contributed by atoms with Crippen LogP contribution in [0, 0.1) is 6.92 Å². The van der Waals surface area contributed by atoms with E-state index in [1.807, 2.05) is 30.0 Å². The normalized spacial score (nSPS) is 21.5. The fourth-order valence-electron chi connectivity index (χ4n) is 3.24. The number of hydrogen-bond acceptors (Lipinski definition) is 3. The van der Waals surface area contributed by atoms with E-state index in [0.29, 0.717) is 11.4 Å². The van der Waals surface area contributed by atoms with Crippen LogP contribution in [0.25, 0.3) is 0 Å². The molecule has 2 aliphatic rings. The predicted octanol–water partition coefficient (Wildman–Crippen LogP) is 2.51. The predicted molar refractivity (Wildman–Crippen MR) is 88.7 cm³/mol. The van der Waals surface area contributed by atoms with Gasteiger partial charge in [-0.2, -0.15) is 0 Å². The van der Waals surface area contributed by atoms with Crippen LogP contribution in [-0.2, 0) is 9.59 Å². The van der Waals surface area contributed by atoms with Gasteiger partial charge in [0.05, 0.1) is 5.69 Å². The average molecular weight is 316 g/mol. The highest BCUT2D eigenvalue weighted by molar-refractivity contribution is 6.03. The van der Waals surface area contributed by atoms with Crippen molar-refractivity contribution in [2.45, 2.75) is 45.6 Å². The molecule has 124 valence electrons. The van der Waals surface area contributed by atoms with Crippen LogP contribution in [-0.4, -0.2) is 42.5 Å². The number of amides is 2. The molecule has 0 unspecified atom stereocenters. The third kappa shape index (κ3) is 3.33. The van der Waals surface area contributed by atoms with E-state index in [4.69, 9.17) is 4.74 Å². The Labute approximate surface area is 137 Å². The third-order valence-electron chi connectivity index (χ3n) is 4.57. The van der Waals surface area contributed by atoms with Gasteiger partial charge < -0.3 is 9.64 Å². The van der Waals surface area contributed by atoms with Crippen LogP contribution < -0.4 is 9.64 Å². The molecule has 0 radical (unpaired) electrons. The molecular weight excluding hydrogens is 292 g/mol. The van der Waals surface area contributed by atoms with E-state index in [1.165, 1.54) is 12.8 Å². The number of nitrogens with zero attached hydrogens (tertiary/aromatic N) is 2. The molecule has 0 saturated carbocycles. The minimum atomic E-state index is -0.554. The largest absolute Gasteiger partial charge is 0.479 e. The molecule has 0 spiro atoms. The number of ether oxygens (including phenoxy) is 1. The molecule has 1 aromatic rings. The Morgan fingerprint density at radius 3 is 2.61 bits per heavy atom. The molecule has 3 rings (SSSR count). The van der Waals surface area contributed by atoms with Gasteiger partial charge in [0, 0.05) is 13.1 Å². The van der Waals surface area contributed by atoms with Crippen molar-refractivity contribution in [3.8, 4) is 5.75 Å². The fraction of sp³-hybridized carbons (Fsp3) is 0.556. The second-order valence-electron chi connectivity index (χ2n) is 6.45. The standard InChI is InChI=1S/C18H24N2O3/c1-13-7-8-16-15(11-13)20(18(22)14(2)23-16)12-17(21)19-9-5-3-4-6-10-19/h7-8,11,14H,3-6,9-10,12H2,1-2H3/t14-/m1/s1. The van der Waals surface area contributed by atoms with Crippen molar-refractivity contribution in [1.29, 1.82) is 0 Å². The van der Waals surface area contributed by atoms with E-state index in [1.54, 1.807) is 11.8 Å². The number of fused-ring (bicyclic) bond motifs is 1. The Bertz CT molecular complexity index is 606. The second kappa shape index (κ2) is 6.60. The van der Waals surface area contributed by atoms with Crippen molar-refractivity contribution in [3.63, 3.8) is 0 Å². The van der Waals surface area contributed by atoms with Crippen molar-refractivity contribution < 1.29 is 14.3 Å². The van der Waals surface area contributed by atoms with E-state index in [0.717, 1.165) is 31.5 Å². The number of anilines is 1. The molecule has 1 saturated heterocycles. The van der Waals surface area contributed by atoms with Crippen LogP contribution in [0.2, 0.25) is 0 Å².